The number of carbonyl (C=O) groups is 2. The lowest BCUT2D eigenvalue weighted by Crippen LogP contribution is -2.56. The first-order valence-corrected chi connectivity index (χ1v) is 9.89. The number of rotatable bonds is 7. The van der Waals surface area contributed by atoms with E-state index in [-0.39, 0.29) is 12.8 Å². The third kappa shape index (κ3) is 4.88. The van der Waals surface area contributed by atoms with Crippen LogP contribution >= 0.6 is 0 Å². The van der Waals surface area contributed by atoms with Crippen LogP contribution in [0.4, 0.5) is 13.6 Å². The fourth-order valence-electron chi connectivity index (χ4n) is 3.79. The van der Waals surface area contributed by atoms with E-state index in [1.807, 2.05) is 6.07 Å². The largest absolute Gasteiger partial charge is 0.336 e. The molecular formula is C19H28F2N4O2. The topological polar surface area (TPSA) is 85.2 Å². The zero-order valence-corrected chi connectivity index (χ0v) is 15.8. The van der Waals surface area contributed by atoms with Crippen molar-refractivity contribution in [1.29, 1.82) is 5.26 Å². The molecule has 2 N–H and O–H groups in total. The van der Waals surface area contributed by atoms with E-state index in [4.69, 9.17) is 5.26 Å². The molecule has 150 valence electrons. The minimum atomic E-state index is -3.05. The molecule has 27 heavy (non-hydrogen) atoms. The molecule has 1 saturated heterocycles. The Hall–Kier alpha value is -1.91. The minimum Gasteiger partial charge on any atom is -0.336 e. The van der Waals surface area contributed by atoms with E-state index in [9.17, 15) is 18.4 Å². The van der Waals surface area contributed by atoms with Crippen molar-refractivity contribution in [1.82, 2.24) is 15.5 Å². The lowest BCUT2D eigenvalue weighted by Gasteiger charge is -2.33. The number of nitrogens with one attached hydrogen (secondary N) is 2. The lowest BCUT2D eigenvalue weighted by atomic mass is 9.94. The van der Waals surface area contributed by atoms with Gasteiger partial charge >= 0.3 is 6.03 Å². The summed E-state index contributed by atoms with van der Waals surface area (Å²) in [6.45, 7) is 2.83. The molecule has 0 aromatic heterocycles. The molecule has 1 spiro atoms. The maximum Gasteiger partial charge on any atom is 0.318 e. The average Bonchev–Trinajstić information content (AvgIpc) is 3.53. The van der Waals surface area contributed by atoms with Crippen LogP contribution in [0.15, 0.2) is 0 Å². The van der Waals surface area contributed by atoms with Crippen molar-refractivity contribution in [3.05, 3.63) is 0 Å². The number of nitrogens with zero attached hydrogens (tertiary/aromatic N) is 2. The molecule has 1 atom stereocenters. The summed E-state index contributed by atoms with van der Waals surface area (Å²) in [7, 11) is 0. The van der Waals surface area contributed by atoms with Gasteiger partial charge in [-0.3, -0.25) is 4.79 Å². The maximum absolute atomic E-state index is 14.2. The first kappa shape index (κ1) is 19.8. The van der Waals surface area contributed by atoms with Gasteiger partial charge in [-0.05, 0) is 43.9 Å². The van der Waals surface area contributed by atoms with Crippen molar-refractivity contribution in [3.8, 4) is 6.07 Å². The second kappa shape index (κ2) is 7.25. The summed E-state index contributed by atoms with van der Waals surface area (Å²) in [4.78, 5) is 26.7. The molecule has 2 aliphatic carbocycles. The van der Waals surface area contributed by atoms with Crippen molar-refractivity contribution >= 4 is 11.9 Å². The summed E-state index contributed by atoms with van der Waals surface area (Å²) in [5.74, 6) is -3.75. The van der Waals surface area contributed by atoms with E-state index >= 15 is 0 Å². The predicted molar refractivity (Wildman–Crippen MR) is 95.0 cm³/mol. The van der Waals surface area contributed by atoms with Gasteiger partial charge in [0.15, 0.2) is 0 Å². The van der Waals surface area contributed by atoms with E-state index in [2.05, 4.69) is 10.6 Å². The van der Waals surface area contributed by atoms with Crippen LogP contribution in [-0.4, -0.2) is 47.4 Å². The molecule has 0 unspecified atom stereocenters. The van der Waals surface area contributed by atoms with Crippen LogP contribution in [0.2, 0.25) is 0 Å². The van der Waals surface area contributed by atoms with Crippen LogP contribution in [0.3, 0.4) is 0 Å². The normalized spacial score (nSPS) is 23.3. The monoisotopic (exact) mass is 382 g/mol. The summed E-state index contributed by atoms with van der Waals surface area (Å²) in [5.41, 5.74) is -0.559. The second-order valence-electron chi connectivity index (χ2n) is 8.48. The smallest absolute Gasteiger partial charge is 0.318 e. The standard InChI is InChI=1S/C19H28F2N4O2/c1-2-3-19(20,21)12-14(15(26)24-18(13-22)6-7-18)23-16(27)25-10-8-17(4-5-17)9-11-25/h14H,2-12H2,1H3,(H,23,27)(H,24,26)/t14-/m0/s1. The third-order valence-electron chi connectivity index (χ3n) is 6.13. The minimum absolute atomic E-state index is 0.283. The highest BCUT2D eigenvalue weighted by atomic mass is 19.3. The molecule has 6 nitrogen and oxygen atoms in total. The fraction of sp³-hybridized carbons (Fsp3) is 0.842. The molecule has 3 amide bonds. The third-order valence-corrected chi connectivity index (χ3v) is 6.13. The SMILES string of the molecule is CCCC(F)(F)C[C@H](NC(=O)N1CCC2(CC1)CC2)C(=O)NC1(C#N)CC1. The van der Waals surface area contributed by atoms with Gasteiger partial charge in [0.1, 0.15) is 11.6 Å². The Morgan fingerprint density at radius 3 is 2.30 bits per heavy atom. The fourth-order valence-corrected chi connectivity index (χ4v) is 3.79. The van der Waals surface area contributed by atoms with Gasteiger partial charge in [0.05, 0.1) is 6.07 Å². The molecule has 0 aromatic carbocycles. The van der Waals surface area contributed by atoms with Crippen LogP contribution in [0.1, 0.15) is 64.7 Å². The van der Waals surface area contributed by atoms with Crippen LogP contribution in [0.5, 0.6) is 0 Å². The van der Waals surface area contributed by atoms with Gasteiger partial charge in [-0.25, -0.2) is 13.6 Å². The number of carbonyl (C=O) groups excluding carboxylic acids is 2. The molecule has 3 aliphatic rings. The summed E-state index contributed by atoms with van der Waals surface area (Å²) in [6.07, 6.45) is 4.47. The summed E-state index contributed by atoms with van der Waals surface area (Å²) in [6, 6.07) is 0.198. The van der Waals surface area contributed by atoms with Crippen molar-refractivity contribution in [2.45, 2.75) is 82.2 Å². The van der Waals surface area contributed by atoms with Crippen molar-refractivity contribution in [2.24, 2.45) is 5.41 Å². The lowest BCUT2D eigenvalue weighted by molar-refractivity contribution is -0.126. The Labute approximate surface area is 158 Å². The first-order valence-electron chi connectivity index (χ1n) is 9.89. The molecule has 8 heteroatoms. The number of nitriles is 1. The molecule has 2 saturated carbocycles. The number of hydrogen-bond acceptors (Lipinski definition) is 3. The summed E-state index contributed by atoms with van der Waals surface area (Å²) in [5, 5.41) is 14.2. The zero-order chi connectivity index (χ0) is 19.7. The number of likely N-dealkylation sites (tertiary alicyclic amines) is 1. The van der Waals surface area contributed by atoms with Crippen LogP contribution in [0, 0.1) is 16.7 Å². The highest BCUT2D eigenvalue weighted by Crippen LogP contribution is 2.53. The Balaban J connectivity index is 1.62. The van der Waals surface area contributed by atoms with E-state index in [0.717, 1.165) is 12.8 Å². The number of halogens is 2. The second-order valence-corrected chi connectivity index (χ2v) is 8.48. The van der Waals surface area contributed by atoms with Crippen molar-refractivity contribution in [3.63, 3.8) is 0 Å². The highest BCUT2D eigenvalue weighted by molar-refractivity contribution is 5.88. The number of piperidine rings is 1. The van der Waals surface area contributed by atoms with E-state index in [0.29, 0.717) is 31.3 Å². The van der Waals surface area contributed by atoms with E-state index in [1.54, 1.807) is 11.8 Å². The van der Waals surface area contributed by atoms with Crippen LogP contribution in [-0.2, 0) is 4.79 Å². The molecule has 3 rings (SSSR count). The van der Waals surface area contributed by atoms with Gasteiger partial charge in [-0.2, -0.15) is 5.26 Å². The van der Waals surface area contributed by atoms with E-state index < -0.39 is 35.9 Å². The molecule has 3 fully saturated rings. The van der Waals surface area contributed by atoms with Gasteiger partial charge in [-0.1, -0.05) is 13.3 Å². The van der Waals surface area contributed by atoms with Gasteiger partial charge < -0.3 is 15.5 Å². The Morgan fingerprint density at radius 2 is 1.81 bits per heavy atom. The summed E-state index contributed by atoms with van der Waals surface area (Å²) >= 11 is 0. The Bertz CT molecular complexity index is 628. The zero-order valence-electron chi connectivity index (χ0n) is 15.8. The molecule has 0 aromatic rings. The highest BCUT2D eigenvalue weighted by Gasteiger charge is 2.48. The number of alkyl halides is 2. The predicted octanol–water partition coefficient (Wildman–Crippen LogP) is 2.94. The molecule has 1 heterocycles. The van der Waals surface area contributed by atoms with Crippen LogP contribution in [0.25, 0.3) is 0 Å². The van der Waals surface area contributed by atoms with Crippen LogP contribution < -0.4 is 10.6 Å². The molecule has 1 aliphatic heterocycles. The Kier molecular flexibility index (Phi) is 5.33. The van der Waals surface area contributed by atoms with Crippen molar-refractivity contribution < 1.29 is 18.4 Å². The average molecular weight is 382 g/mol. The Morgan fingerprint density at radius 1 is 1.19 bits per heavy atom. The first-order chi connectivity index (χ1) is 12.7. The summed E-state index contributed by atoms with van der Waals surface area (Å²) < 4.78 is 28.3. The van der Waals surface area contributed by atoms with Gasteiger partial charge in [0.25, 0.3) is 5.92 Å². The molecule has 0 bridgehead atoms. The molecular weight excluding hydrogens is 354 g/mol. The number of amides is 3. The van der Waals surface area contributed by atoms with Gasteiger partial charge in [0.2, 0.25) is 5.91 Å². The number of urea groups is 1. The number of hydrogen-bond donors (Lipinski definition) is 2. The quantitative estimate of drug-likeness (QED) is 0.710. The van der Waals surface area contributed by atoms with E-state index in [1.165, 1.54) is 12.8 Å². The van der Waals surface area contributed by atoms with Crippen molar-refractivity contribution in [2.75, 3.05) is 13.1 Å². The maximum atomic E-state index is 14.2. The van der Waals surface area contributed by atoms with Gasteiger partial charge in [0, 0.05) is 25.9 Å². The van der Waals surface area contributed by atoms with Gasteiger partial charge in [-0.15, -0.1) is 0 Å². The molecule has 0 radical (unpaired) electrons.